The van der Waals surface area contributed by atoms with E-state index in [2.05, 4.69) is 29.0 Å². The van der Waals surface area contributed by atoms with Crippen LogP contribution in [0, 0.1) is 0 Å². The van der Waals surface area contributed by atoms with Crippen LogP contribution in [-0.2, 0) is 0 Å². The molecule has 0 radical (unpaired) electrons. The van der Waals surface area contributed by atoms with Crippen molar-refractivity contribution in [2.24, 2.45) is 0 Å². The van der Waals surface area contributed by atoms with Crippen molar-refractivity contribution in [1.82, 2.24) is 10.3 Å². The van der Waals surface area contributed by atoms with Crippen molar-refractivity contribution in [1.29, 1.82) is 0 Å². The Balaban J connectivity index is 2.17. The van der Waals surface area contributed by atoms with Crippen LogP contribution in [0.5, 0.6) is 0 Å². The molecule has 0 bridgehead atoms. The first-order chi connectivity index (χ1) is 10.1. The topological polar surface area (TPSA) is 24.9 Å². The number of hydrogen-bond acceptors (Lipinski definition) is 2. The van der Waals surface area contributed by atoms with E-state index in [9.17, 15) is 0 Å². The van der Waals surface area contributed by atoms with Crippen LogP contribution in [0.1, 0.15) is 24.1 Å². The zero-order chi connectivity index (χ0) is 14.8. The summed E-state index contributed by atoms with van der Waals surface area (Å²) < 4.78 is 0. The normalized spacial score (nSPS) is 15.0. The van der Waals surface area contributed by atoms with Crippen LogP contribution < -0.4 is 5.32 Å². The largest absolute Gasteiger partial charge is 0.357 e. The summed E-state index contributed by atoms with van der Waals surface area (Å²) >= 11 is 12.2. The summed E-state index contributed by atoms with van der Waals surface area (Å²) in [7, 11) is 0. The number of pyridine rings is 1. The van der Waals surface area contributed by atoms with Gasteiger partial charge < -0.3 is 5.32 Å². The fraction of sp³-hybridized carbons (Fsp3) is 0.118. The van der Waals surface area contributed by atoms with Gasteiger partial charge >= 0.3 is 0 Å². The third kappa shape index (κ3) is 2.97. The van der Waals surface area contributed by atoms with Gasteiger partial charge in [0.25, 0.3) is 0 Å². The highest BCUT2D eigenvalue weighted by Gasteiger charge is 2.20. The predicted octanol–water partition coefficient (Wildman–Crippen LogP) is 5.15. The first-order valence-electron chi connectivity index (χ1n) is 6.70. The molecule has 1 aliphatic rings. The lowest BCUT2D eigenvalue weighted by atomic mass is 9.93. The Kier molecular flexibility index (Phi) is 4.00. The zero-order valence-electron chi connectivity index (χ0n) is 11.4. The van der Waals surface area contributed by atoms with Crippen LogP contribution >= 0.6 is 23.2 Å². The highest BCUT2D eigenvalue weighted by atomic mass is 35.5. The van der Waals surface area contributed by atoms with E-state index in [0.29, 0.717) is 15.7 Å². The number of benzene rings is 1. The summed E-state index contributed by atoms with van der Waals surface area (Å²) in [6.07, 6.45) is 3.42. The molecule has 0 unspecified atom stereocenters. The van der Waals surface area contributed by atoms with Gasteiger partial charge in [0.2, 0.25) is 0 Å². The SMILES string of the molecule is C=C1CCC(c2ccccc2)=C(c2ncc(Cl)cc2Cl)N1. The number of aromatic nitrogens is 1. The Morgan fingerprint density at radius 1 is 1.10 bits per heavy atom. The van der Waals surface area contributed by atoms with E-state index in [1.807, 2.05) is 18.2 Å². The van der Waals surface area contributed by atoms with Gasteiger partial charge in [0.1, 0.15) is 5.69 Å². The Bertz CT molecular complexity index is 721. The molecule has 0 atom stereocenters. The van der Waals surface area contributed by atoms with Crippen molar-refractivity contribution in [2.75, 3.05) is 0 Å². The van der Waals surface area contributed by atoms with Crippen LogP contribution in [0.25, 0.3) is 11.3 Å². The third-order valence-electron chi connectivity index (χ3n) is 3.45. The number of rotatable bonds is 2. The van der Waals surface area contributed by atoms with Gasteiger partial charge in [-0.2, -0.15) is 0 Å². The second kappa shape index (κ2) is 5.92. The molecule has 1 N–H and O–H groups in total. The van der Waals surface area contributed by atoms with Gasteiger partial charge in [-0.05, 0) is 30.0 Å². The van der Waals surface area contributed by atoms with E-state index in [-0.39, 0.29) is 0 Å². The van der Waals surface area contributed by atoms with Gasteiger partial charge in [-0.25, -0.2) is 0 Å². The monoisotopic (exact) mass is 316 g/mol. The Hall–Kier alpha value is -1.77. The standard InChI is InChI=1S/C17H14Cl2N2/c1-11-7-8-14(12-5-3-2-4-6-12)16(21-11)17-15(19)9-13(18)10-20-17/h2-6,9-10,21H,1,7-8H2. The van der Waals surface area contributed by atoms with E-state index in [1.165, 1.54) is 11.1 Å². The van der Waals surface area contributed by atoms with Crippen molar-refractivity contribution in [2.45, 2.75) is 12.8 Å². The molecular weight excluding hydrogens is 303 g/mol. The van der Waals surface area contributed by atoms with Crippen molar-refractivity contribution in [3.05, 3.63) is 76.2 Å². The first kappa shape index (κ1) is 14.2. The average molecular weight is 317 g/mol. The van der Waals surface area contributed by atoms with Crippen molar-refractivity contribution in [3.63, 3.8) is 0 Å². The van der Waals surface area contributed by atoms with Crippen LogP contribution in [-0.4, -0.2) is 4.98 Å². The Morgan fingerprint density at radius 3 is 2.57 bits per heavy atom. The molecule has 21 heavy (non-hydrogen) atoms. The fourth-order valence-electron chi connectivity index (χ4n) is 2.44. The Morgan fingerprint density at radius 2 is 1.86 bits per heavy atom. The molecule has 1 aromatic carbocycles. The van der Waals surface area contributed by atoms with E-state index < -0.39 is 0 Å². The van der Waals surface area contributed by atoms with E-state index >= 15 is 0 Å². The minimum Gasteiger partial charge on any atom is -0.357 e. The average Bonchev–Trinajstić information content (AvgIpc) is 2.48. The summed E-state index contributed by atoms with van der Waals surface area (Å²) in [6.45, 7) is 4.02. The maximum atomic E-state index is 6.31. The van der Waals surface area contributed by atoms with E-state index in [0.717, 1.165) is 24.2 Å². The minimum atomic E-state index is 0.528. The van der Waals surface area contributed by atoms with Gasteiger partial charge in [0, 0.05) is 11.9 Å². The second-order valence-corrected chi connectivity index (χ2v) is 5.78. The van der Waals surface area contributed by atoms with Crippen LogP contribution in [0.4, 0.5) is 0 Å². The van der Waals surface area contributed by atoms with E-state index in [1.54, 1.807) is 12.3 Å². The second-order valence-electron chi connectivity index (χ2n) is 4.93. The van der Waals surface area contributed by atoms with Gasteiger partial charge in [0.15, 0.2) is 0 Å². The fourth-order valence-corrected chi connectivity index (χ4v) is 2.92. The lowest BCUT2D eigenvalue weighted by molar-refractivity contribution is 0.869. The molecule has 2 heterocycles. The summed E-state index contributed by atoms with van der Waals surface area (Å²) in [6, 6.07) is 12.0. The zero-order valence-corrected chi connectivity index (χ0v) is 12.9. The molecule has 0 aliphatic carbocycles. The highest BCUT2D eigenvalue weighted by molar-refractivity contribution is 6.35. The van der Waals surface area contributed by atoms with Gasteiger partial charge in [-0.3, -0.25) is 4.98 Å². The van der Waals surface area contributed by atoms with Gasteiger partial charge in [0.05, 0.1) is 15.7 Å². The summed E-state index contributed by atoms with van der Waals surface area (Å²) in [4.78, 5) is 4.39. The lowest BCUT2D eigenvalue weighted by Gasteiger charge is -2.24. The molecule has 3 rings (SSSR count). The van der Waals surface area contributed by atoms with E-state index in [4.69, 9.17) is 23.2 Å². The smallest absolute Gasteiger partial charge is 0.105 e. The summed E-state index contributed by atoms with van der Waals surface area (Å²) in [5, 5.41) is 4.40. The number of nitrogens with zero attached hydrogens (tertiary/aromatic N) is 1. The molecular formula is C17H14Cl2N2. The number of hydrogen-bond donors (Lipinski definition) is 1. The lowest BCUT2D eigenvalue weighted by Crippen LogP contribution is -2.19. The van der Waals surface area contributed by atoms with Crippen molar-refractivity contribution < 1.29 is 0 Å². The molecule has 0 saturated carbocycles. The quantitative estimate of drug-likeness (QED) is 0.828. The molecule has 4 heteroatoms. The number of halogens is 2. The summed E-state index contributed by atoms with van der Waals surface area (Å²) in [5.41, 5.74) is 4.96. The molecule has 106 valence electrons. The number of nitrogens with one attached hydrogen (secondary N) is 1. The van der Waals surface area contributed by atoms with Crippen LogP contribution in [0.15, 0.2) is 54.9 Å². The van der Waals surface area contributed by atoms with Gasteiger partial charge in [-0.15, -0.1) is 0 Å². The predicted molar refractivity (Wildman–Crippen MR) is 89.0 cm³/mol. The maximum Gasteiger partial charge on any atom is 0.105 e. The molecule has 0 spiro atoms. The molecule has 1 aromatic heterocycles. The number of allylic oxidation sites excluding steroid dienone is 2. The molecule has 2 aromatic rings. The first-order valence-corrected chi connectivity index (χ1v) is 7.45. The third-order valence-corrected chi connectivity index (χ3v) is 3.94. The molecule has 0 fully saturated rings. The highest BCUT2D eigenvalue weighted by Crippen LogP contribution is 2.35. The summed E-state index contributed by atoms with van der Waals surface area (Å²) in [5.74, 6) is 0. The van der Waals surface area contributed by atoms with Crippen LogP contribution in [0.3, 0.4) is 0 Å². The molecule has 0 amide bonds. The maximum absolute atomic E-state index is 6.31. The Labute approximate surface area is 134 Å². The molecule has 1 aliphatic heterocycles. The minimum absolute atomic E-state index is 0.528. The van der Waals surface area contributed by atoms with Gasteiger partial charge in [-0.1, -0.05) is 60.1 Å². The van der Waals surface area contributed by atoms with Crippen molar-refractivity contribution >= 4 is 34.5 Å². The van der Waals surface area contributed by atoms with Crippen molar-refractivity contribution in [3.8, 4) is 0 Å². The molecule has 0 saturated heterocycles. The molecule has 2 nitrogen and oxygen atoms in total. The van der Waals surface area contributed by atoms with Crippen LogP contribution in [0.2, 0.25) is 10.0 Å².